The Morgan fingerprint density at radius 1 is 1.17 bits per heavy atom. The van der Waals surface area contributed by atoms with Crippen molar-refractivity contribution in [3.05, 3.63) is 65.1 Å². The molecule has 0 spiro atoms. The van der Waals surface area contributed by atoms with Gasteiger partial charge < -0.3 is 5.32 Å². The Morgan fingerprint density at radius 2 is 1.97 bits per heavy atom. The number of carbonyl (C=O) groups is 1. The first kappa shape index (κ1) is 19.3. The molecular formula is C21H20FN3O3S. The summed E-state index contributed by atoms with van der Waals surface area (Å²) >= 11 is 0. The lowest BCUT2D eigenvalue weighted by molar-refractivity contribution is 0.102. The maximum absolute atomic E-state index is 13.5. The van der Waals surface area contributed by atoms with Crippen LogP contribution in [0.2, 0.25) is 0 Å². The van der Waals surface area contributed by atoms with Crippen LogP contribution in [0.4, 0.5) is 15.8 Å². The molecule has 3 aromatic rings. The highest BCUT2D eigenvalue weighted by molar-refractivity contribution is 7.92. The van der Waals surface area contributed by atoms with Gasteiger partial charge in [0.2, 0.25) is 10.0 Å². The number of halogens is 1. The van der Waals surface area contributed by atoms with Gasteiger partial charge in [0.25, 0.3) is 5.91 Å². The van der Waals surface area contributed by atoms with E-state index in [9.17, 15) is 17.6 Å². The summed E-state index contributed by atoms with van der Waals surface area (Å²) < 4.78 is 39.1. The van der Waals surface area contributed by atoms with E-state index in [4.69, 9.17) is 0 Å². The predicted molar refractivity (Wildman–Crippen MR) is 111 cm³/mol. The average molecular weight is 413 g/mol. The Morgan fingerprint density at radius 3 is 2.72 bits per heavy atom. The molecule has 1 aliphatic heterocycles. The van der Waals surface area contributed by atoms with Crippen LogP contribution in [-0.2, 0) is 16.4 Å². The Bertz CT molecular complexity index is 1240. The Labute approximate surface area is 168 Å². The zero-order valence-electron chi connectivity index (χ0n) is 16.1. The minimum atomic E-state index is -3.40. The molecule has 2 heterocycles. The van der Waals surface area contributed by atoms with Gasteiger partial charge in [0.1, 0.15) is 5.82 Å². The van der Waals surface area contributed by atoms with Gasteiger partial charge >= 0.3 is 0 Å². The summed E-state index contributed by atoms with van der Waals surface area (Å²) in [5, 5.41) is 3.34. The lowest BCUT2D eigenvalue weighted by Crippen LogP contribution is -2.34. The number of hydrogen-bond acceptors (Lipinski definition) is 4. The van der Waals surface area contributed by atoms with Crippen LogP contribution in [-0.4, -0.2) is 32.1 Å². The van der Waals surface area contributed by atoms with Gasteiger partial charge in [-0.25, -0.2) is 12.8 Å². The van der Waals surface area contributed by atoms with Crippen molar-refractivity contribution >= 4 is 38.2 Å². The van der Waals surface area contributed by atoms with Gasteiger partial charge in [-0.3, -0.25) is 14.1 Å². The summed E-state index contributed by atoms with van der Waals surface area (Å²) in [5.74, 6) is -0.784. The monoisotopic (exact) mass is 413 g/mol. The number of pyridine rings is 1. The summed E-state index contributed by atoms with van der Waals surface area (Å²) in [6.45, 7) is 2.14. The van der Waals surface area contributed by atoms with E-state index in [1.165, 1.54) is 22.7 Å². The van der Waals surface area contributed by atoms with E-state index in [1.54, 1.807) is 31.2 Å². The van der Waals surface area contributed by atoms with Crippen molar-refractivity contribution in [1.82, 2.24) is 4.98 Å². The highest BCUT2D eigenvalue weighted by atomic mass is 32.2. The van der Waals surface area contributed by atoms with Gasteiger partial charge in [-0.15, -0.1) is 0 Å². The van der Waals surface area contributed by atoms with Gasteiger partial charge in [-0.2, -0.15) is 0 Å². The first-order chi connectivity index (χ1) is 13.7. The van der Waals surface area contributed by atoms with Gasteiger partial charge in [0, 0.05) is 17.6 Å². The molecule has 1 N–H and O–H groups in total. The van der Waals surface area contributed by atoms with Crippen molar-refractivity contribution in [3.63, 3.8) is 0 Å². The first-order valence-corrected chi connectivity index (χ1v) is 11.1. The van der Waals surface area contributed by atoms with E-state index < -0.39 is 15.8 Å². The number of anilines is 2. The maximum Gasteiger partial charge on any atom is 0.257 e. The second kappa shape index (κ2) is 7.11. The summed E-state index contributed by atoms with van der Waals surface area (Å²) in [6, 6.07) is 11.1. The van der Waals surface area contributed by atoms with Gasteiger partial charge in [-0.05, 0) is 61.7 Å². The smallest absolute Gasteiger partial charge is 0.257 e. The molecule has 0 atom stereocenters. The largest absolute Gasteiger partial charge is 0.322 e. The third kappa shape index (κ3) is 3.80. The zero-order valence-corrected chi connectivity index (χ0v) is 16.9. The molecule has 6 nitrogen and oxygen atoms in total. The van der Waals surface area contributed by atoms with Gasteiger partial charge in [0.05, 0.1) is 28.7 Å². The molecule has 1 aliphatic rings. The SMILES string of the molecule is Cc1nc2ccc(F)cc2cc1C(=O)Nc1ccc2c(c1)N(S(C)(=O)=O)CCC2. The molecule has 0 saturated carbocycles. The van der Waals surface area contributed by atoms with Crippen molar-refractivity contribution in [2.24, 2.45) is 0 Å². The van der Waals surface area contributed by atoms with Crippen molar-refractivity contribution in [1.29, 1.82) is 0 Å². The van der Waals surface area contributed by atoms with Crippen LogP contribution in [0.1, 0.15) is 28.0 Å². The van der Waals surface area contributed by atoms with Crippen molar-refractivity contribution in [3.8, 4) is 0 Å². The van der Waals surface area contributed by atoms with Gasteiger partial charge in [0.15, 0.2) is 0 Å². The summed E-state index contributed by atoms with van der Waals surface area (Å²) in [6.07, 6.45) is 2.72. The third-order valence-corrected chi connectivity index (χ3v) is 6.21. The minimum Gasteiger partial charge on any atom is -0.322 e. The fourth-order valence-electron chi connectivity index (χ4n) is 3.64. The molecule has 4 rings (SSSR count). The number of aromatic nitrogens is 1. The molecule has 0 saturated heterocycles. The molecule has 2 aromatic carbocycles. The number of benzene rings is 2. The molecule has 0 fully saturated rings. The molecular weight excluding hydrogens is 393 g/mol. The lowest BCUT2D eigenvalue weighted by Gasteiger charge is -2.29. The van der Waals surface area contributed by atoms with Crippen LogP contribution in [0.15, 0.2) is 42.5 Å². The molecule has 1 aromatic heterocycles. The van der Waals surface area contributed by atoms with Crippen LogP contribution < -0.4 is 9.62 Å². The third-order valence-electron chi connectivity index (χ3n) is 5.03. The summed E-state index contributed by atoms with van der Waals surface area (Å²) in [7, 11) is -3.40. The van der Waals surface area contributed by atoms with Crippen molar-refractivity contribution in [2.75, 3.05) is 22.4 Å². The number of nitrogens with one attached hydrogen (secondary N) is 1. The Kier molecular flexibility index (Phi) is 4.74. The quantitative estimate of drug-likeness (QED) is 0.711. The van der Waals surface area contributed by atoms with Crippen LogP contribution in [0.5, 0.6) is 0 Å². The molecule has 0 aliphatic carbocycles. The standard InChI is InChI=1S/C21H20FN3O3S/c1-13-18(11-15-10-16(22)6-8-19(15)23-13)21(26)24-17-7-5-14-4-3-9-25(20(14)12-17)29(2,27)28/h5-8,10-12H,3-4,9H2,1-2H3,(H,24,26). The first-order valence-electron chi connectivity index (χ1n) is 9.21. The zero-order chi connectivity index (χ0) is 20.8. The maximum atomic E-state index is 13.5. The van der Waals surface area contributed by atoms with Crippen LogP contribution in [0, 0.1) is 12.7 Å². The number of fused-ring (bicyclic) bond motifs is 2. The molecule has 1 amide bonds. The molecule has 0 bridgehead atoms. The number of hydrogen-bond donors (Lipinski definition) is 1. The van der Waals surface area contributed by atoms with E-state index in [0.717, 1.165) is 18.4 Å². The number of nitrogens with zero attached hydrogens (tertiary/aromatic N) is 2. The minimum absolute atomic E-state index is 0.334. The van der Waals surface area contributed by atoms with E-state index in [-0.39, 0.29) is 5.91 Å². The fraction of sp³-hybridized carbons (Fsp3) is 0.238. The summed E-state index contributed by atoms with van der Waals surface area (Å²) in [5.41, 5.74) is 3.48. The van der Waals surface area contributed by atoms with E-state index >= 15 is 0 Å². The van der Waals surface area contributed by atoms with Crippen molar-refractivity contribution < 1.29 is 17.6 Å². The van der Waals surface area contributed by atoms with Crippen LogP contribution in [0.3, 0.4) is 0 Å². The Hall–Kier alpha value is -3.00. The predicted octanol–water partition coefficient (Wildman–Crippen LogP) is 3.65. The molecule has 29 heavy (non-hydrogen) atoms. The highest BCUT2D eigenvalue weighted by Gasteiger charge is 2.24. The number of aryl methyl sites for hydroxylation is 2. The second-order valence-corrected chi connectivity index (χ2v) is 9.10. The molecule has 150 valence electrons. The Balaban J connectivity index is 1.67. The van der Waals surface area contributed by atoms with Crippen LogP contribution >= 0.6 is 0 Å². The van der Waals surface area contributed by atoms with E-state index in [1.807, 2.05) is 6.07 Å². The number of sulfonamides is 1. The number of rotatable bonds is 3. The lowest BCUT2D eigenvalue weighted by atomic mass is 10.0. The normalized spacial score (nSPS) is 14.0. The highest BCUT2D eigenvalue weighted by Crippen LogP contribution is 2.32. The molecule has 8 heteroatoms. The summed E-state index contributed by atoms with van der Waals surface area (Å²) in [4.78, 5) is 17.2. The fourth-order valence-corrected chi connectivity index (χ4v) is 4.62. The second-order valence-electron chi connectivity index (χ2n) is 7.19. The molecule has 0 radical (unpaired) electrons. The van der Waals surface area contributed by atoms with Crippen molar-refractivity contribution in [2.45, 2.75) is 19.8 Å². The number of carbonyl (C=O) groups excluding carboxylic acids is 1. The number of amides is 1. The van der Waals surface area contributed by atoms with E-state index in [0.29, 0.717) is 40.1 Å². The average Bonchev–Trinajstić information content (AvgIpc) is 2.66. The topological polar surface area (TPSA) is 79.4 Å². The van der Waals surface area contributed by atoms with E-state index in [2.05, 4.69) is 10.3 Å². The molecule has 0 unspecified atom stereocenters. The van der Waals surface area contributed by atoms with Gasteiger partial charge in [-0.1, -0.05) is 6.07 Å². The van der Waals surface area contributed by atoms with Crippen LogP contribution in [0.25, 0.3) is 10.9 Å².